The van der Waals surface area contributed by atoms with Crippen LogP contribution in [0.25, 0.3) is 0 Å². The summed E-state index contributed by atoms with van der Waals surface area (Å²) in [5.41, 5.74) is 2.71. The van der Waals surface area contributed by atoms with Crippen LogP contribution in [0.1, 0.15) is 43.2 Å². The van der Waals surface area contributed by atoms with Gasteiger partial charge in [-0.1, -0.05) is 24.6 Å². The molecule has 6 nitrogen and oxygen atoms in total. The number of benzene rings is 1. The van der Waals surface area contributed by atoms with Gasteiger partial charge in [-0.2, -0.15) is 0 Å². The molecule has 0 spiro atoms. The number of carbonyl (C=O) groups excluding carboxylic acids is 3. The van der Waals surface area contributed by atoms with Gasteiger partial charge < -0.3 is 15.0 Å². The van der Waals surface area contributed by atoms with Gasteiger partial charge in [-0.25, -0.2) is 0 Å². The molecule has 6 heteroatoms. The number of hydrogen-bond donors (Lipinski definition) is 1. The van der Waals surface area contributed by atoms with Crippen LogP contribution in [0.15, 0.2) is 18.2 Å². The van der Waals surface area contributed by atoms with E-state index in [0.29, 0.717) is 18.3 Å². The SMILES string of the molecule is Cc1cccc(C)c1NC(=O)CN(C)C(=O)COC(=O)C[C@H]1C[C@H]2CC[C@@H]1C2. The zero-order chi connectivity index (χ0) is 20.3. The molecule has 152 valence electrons. The maximum atomic E-state index is 12.3. The maximum Gasteiger partial charge on any atom is 0.306 e. The van der Waals surface area contributed by atoms with E-state index in [1.165, 1.54) is 31.2 Å². The van der Waals surface area contributed by atoms with Crippen LogP contribution >= 0.6 is 0 Å². The molecule has 2 aliphatic rings. The Kier molecular flexibility index (Phi) is 6.37. The van der Waals surface area contributed by atoms with Crippen molar-refractivity contribution < 1.29 is 19.1 Å². The molecule has 3 rings (SSSR count). The Balaban J connectivity index is 1.40. The number of fused-ring (bicyclic) bond motifs is 2. The lowest BCUT2D eigenvalue weighted by Gasteiger charge is -2.21. The van der Waals surface area contributed by atoms with E-state index < -0.39 is 0 Å². The normalized spacial score (nSPS) is 22.8. The molecular weight excluding hydrogens is 356 g/mol. The number of amides is 2. The van der Waals surface area contributed by atoms with E-state index in [1.807, 2.05) is 32.0 Å². The van der Waals surface area contributed by atoms with Crippen molar-refractivity contribution >= 4 is 23.5 Å². The molecule has 0 unspecified atom stereocenters. The zero-order valence-corrected chi connectivity index (χ0v) is 17.0. The first-order valence-corrected chi connectivity index (χ1v) is 10.1. The summed E-state index contributed by atoms with van der Waals surface area (Å²) in [5.74, 6) is 0.900. The lowest BCUT2D eigenvalue weighted by molar-refractivity contribution is -0.152. The Morgan fingerprint density at radius 3 is 2.46 bits per heavy atom. The van der Waals surface area contributed by atoms with Crippen molar-refractivity contribution in [2.45, 2.75) is 46.0 Å². The Bertz CT molecular complexity index is 741. The lowest BCUT2D eigenvalue weighted by atomic mass is 9.86. The molecule has 0 aromatic heterocycles. The largest absolute Gasteiger partial charge is 0.456 e. The third-order valence-electron chi connectivity index (χ3n) is 6.22. The summed E-state index contributed by atoms with van der Waals surface area (Å²) in [6.07, 6.45) is 5.29. The molecular formula is C22H30N2O4. The van der Waals surface area contributed by atoms with Crippen molar-refractivity contribution in [3.05, 3.63) is 29.3 Å². The fraction of sp³-hybridized carbons (Fsp3) is 0.591. The van der Waals surface area contributed by atoms with Crippen LogP contribution in [0, 0.1) is 31.6 Å². The average molecular weight is 386 g/mol. The Hall–Kier alpha value is -2.37. The van der Waals surface area contributed by atoms with Gasteiger partial charge in [-0.3, -0.25) is 14.4 Å². The van der Waals surface area contributed by atoms with Crippen molar-refractivity contribution in [3.63, 3.8) is 0 Å². The molecule has 2 amide bonds. The first kappa shape index (κ1) is 20.4. The molecule has 0 heterocycles. The summed E-state index contributed by atoms with van der Waals surface area (Å²) in [5, 5.41) is 2.85. The predicted molar refractivity (Wildman–Crippen MR) is 107 cm³/mol. The molecule has 0 saturated heterocycles. The van der Waals surface area contributed by atoms with Gasteiger partial charge in [0, 0.05) is 19.2 Å². The van der Waals surface area contributed by atoms with Crippen LogP contribution in [-0.4, -0.2) is 42.9 Å². The van der Waals surface area contributed by atoms with E-state index in [1.54, 1.807) is 0 Å². The molecule has 2 fully saturated rings. The molecule has 1 aromatic rings. The second-order valence-corrected chi connectivity index (χ2v) is 8.36. The highest BCUT2D eigenvalue weighted by molar-refractivity contribution is 5.96. The van der Waals surface area contributed by atoms with Crippen molar-refractivity contribution in [1.82, 2.24) is 4.90 Å². The fourth-order valence-electron chi connectivity index (χ4n) is 4.65. The van der Waals surface area contributed by atoms with Crippen molar-refractivity contribution in [2.24, 2.45) is 17.8 Å². The summed E-state index contributed by atoms with van der Waals surface area (Å²) in [6, 6.07) is 5.78. The van der Waals surface area contributed by atoms with Crippen LogP contribution in [-0.2, 0) is 19.1 Å². The minimum absolute atomic E-state index is 0.0868. The van der Waals surface area contributed by atoms with Gasteiger partial charge in [0.15, 0.2) is 6.61 Å². The highest BCUT2D eigenvalue weighted by Gasteiger charge is 2.40. The Labute approximate surface area is 166 Å². The van der Waals surface area contributed by atoms with Gasteiger partial charge >= 0.3 is 5.97 Å². The number of rotatable bonds is 7. The van der Waals surface area contributed by atoms with Crippen molar-refractivity contribution in [1.29, 1.82) is 0 Å². The molecule has 0 aliphatic heterocycles. The monoisotopic (exact) mass is 386 g/mol. The quantitative estimate of drug-likeness (QED) is 0.731. The van der Waals surface area contributed by atoms with E-state index >= 15 is 0 Å². The standard InChI is InChI=1S/C22H30N2O4/c1-14-5-4-6-15(2)22(14)23-19(25)12-24(3)20(26)13-28-21(27)11-18-10-16-7-8-17(18)9-16/h4-6,16-18H,7-13H2,1-3H3,(H,23,25)/t16-,17+,18+/m0/s1. The predicted octanol–water partition coefficient (Wildman–Crippen LogP) is 3.07. The molecule has 1 aromatic carbocycles. The molecule has 2 aliphatic carbocycles. The van der Waals surface area contributed by atoms with Gasteiger partial charge in [0.2, 0.25) is 5.91 Å². The summed E-state index contributed by atoms with van der Waals surface area (Å²) in [4.78, 5) is 37.8. The van der Waals surface area contributed by atoms with Crippen LogP contribution < -0.4 is 5.32 Å². The first-order chi connectivity index (χ1) is 13.3. The fourth-order valence-corrected chi connectivity index (χ4v) is 4.65. The number of hydrogen-bond acceptors (Lipinski definition) is 4. The first-order valence-electron chi connectivity index (χ1n) is 10.1. The number of anilines is 1. The topological polar surface area (TPSA) is 75.7 Å². The van der Waals surface area contributed by atoms with Crippen LogP contribution in [0.2, 0.25) is 0 Å². The van der Waals surface area contributed by atoms with Crippen LogP contribution in [0.3, 0.4) is 0 Å². The molecule has 3 atom stereocenters. The average Bonchev–Trinajstić information content (AvgIpc) is 3.25. The maximum absolute atomic E-state index is 12.3. The number of para-hydroxylation sites is 1. The van der Waals surface area contributed by atoms with Gasteiger partial charge in [0.25, 0.3) is 5.91 Å². The summed E-state index contributed by atoms with van der Waals surface area (Å²) >= 11 is 0. The number of nitrogens with zero attached hydrogens (tertiary/aromatic N) is 1. The Morgan fingerprint density at radius 2 is 1.86 bits per heavy atom. The van der Waals surface area contributed by atoms with E-state index in [2.05, 4.69) is 5.32 Å². The van der Waals surface area contributed by atoms with Gasteiger partial charge in [-0.05, 0) is 62.0 Å². The number of ether oxygens (including phenoxy) is 1. The number of nitrogens with one attached hydrogen (secondary N) is 1. The molecule has 2 bridgehead atoms. The molecule has 1 N–H and O–H groups in total. The number of likely N-dealkylation sites (N-methyl/N-ethyl adjacent to an activating group) is 1. The minimum atomic E-state index is -0.377. The minimum Gasteiger partial charge on any atom is -0.456 e. The zero-order valence-electron chi connectivity index (χ0n) is 17.0. The van der Waals surface area contributed by atoms with E-state index in [4.69, 9.17) is 4.74 Å². The highest BCUT2D eigenvalue weighted by Crippen LogP contribution is 2.49. The van der Waals surface area contributed by atoms with E-state index in [9.17, 15) is 14.4 Å². The molecule has 28 heavy (non-hydrogen) atoms. The summed E-state index contributed by atoms with van der Waals surface area (Å²) in [6.45, 7) is 3.45. The molecule has 2 saturated carbocycles. The van der Waals surface area contributed by atoms with Crippen molar-refractivity contribution in [3.8, 4) is 0 Å². The second-order valence-electron chi connectivity index (χ2n) is 8.36. The van der Waals surface area contributed by atoms with Crippen LogP contribution in [0.5, 0.6) is 0 Å². The Morgan fingerprint density at radius 1 is 1.14 bits per heavy atom. The molecule has 0 radical (unpaired) electrons. The third kappa shape index (κ3) is 4.91. The summed E-state index contributed by atoms with van der Waals surface area (Å²) < 4.78 is 5.17. The van der Waals surface area contributed by atoms with E-state index in [-0.39, 0.29) is 30.9 Å². The van der Waals surface area contributed by atoms with E-state index in [0.717, 1.165) is 29.2 Å². The van der Waals surface area contributed by atoms with Gasteiger partial charge in [0.1, 0.15) is 0 Å². The lowest BCUT2D eigenvalue weighted by Crippen LogP contribution is -2.37. The summed E-state index contributed by atoms with van der Waals surface area (Å²) in [7, 11) is 1.54. The second kappa shape index (κ2) is 8.76. The smallest absolute Gasteiger partial charge is 0.306 e. The van der Waals surface area contributed by atoms with Crippen molar-refractivity contribution in [2.75, 3.05) is 25.5 Å². The number of aryl methyl sites for hydroxylation is 2. The van der Waals surface area contributed by atoms with Gasteiger partial charge in [-0.15, -0.1) is 0 Å². The number of esters is 1. The highest BCUT2D eigenvalue weighted by atomic mass is 16.5. The number of carbonyl (C=O) groups is 3. The van der Waals surface area contributed by atoms with Crippen LogP contribution in [0.4, 0.5) is 5.69 Å². The van der Waals surface area contributed by atoms with Gasteiger partial charge in [0.05, 0.1) is 6.54 Å². The third-order valence-corrected chi connectivity index (χ3v) is 6.22.